The van der Waals surface area contributed by atoms with Gasteiger partial charge in [-0.2, -0.15) is 0 Å². The zero-order valence-electron chi connectivity index (χ0n) is 11.5. The maximum atomic E-state index is 11.8. The van der Waals surface area contributed by atoms with Crippen molar-refractivity contribution in [2.75, 3.05) is 6.61 Å². The van der Waals surface area contributed by atoms with Crippen LogP contribution in [0.15, 0.2) is 20.9 Å². The number of nitrogens with zero attached hydrogens (tertiary/aromatic N) is 4. The number of aromatic amines is 1. The SMILES string of the molecule is Cc1cn([C@H]2C[C@H](N=[N+]=[N-])[C@@H](COP(O)O)O2)c(=O)[nH]c1=O. The number of ether oxygens (including phenoxy) is 1. The minimum absolute atomic E-state index is 0.193. The first-order valence-electron chi connectivity index (χ1n) is 6.25. The lowest BCUT2D eigenvalue weighted by Gasteiger charge is -2.16. The van der Waals surface area contributed by atoms with Crippen molar-refractivity contribution in [3.05, 3.63) is 43.0 Å². The van der Waals surface area contributed by atoms with Gasteiger partial charge in [0.1, 0.15) is 6.23 Å². The molecule has 1 aliphatic rings. The van der Waals surface area contributed by atoms with E-state index in [1.165, 1.54) is 10.8 Å². The Bertz CT molecular complexity index is 696. The fourth-order valence-corrected chi connectivity index (χ4v) is 2.44. The second kappa shape index (κ2) is 7.01. The minimum atomic E-state index is -2.56. The Kier molecular flexibility index (Phi) is 5.30. The Morgan fingerprint density at radius 1 is 1.64 bits per heavy atom. The molecule has 0 unspecified atom stereocenters. The fourth-order valence-electron chi connectivity index (χ4n) is 2.16. The third kappa shape index (κ3) is 3.72. The summed E-state index contributed by atoms with van der Waals surface area (Å²) < 4.78 is 11.5. The van der Waals surface area contributed by atoms with Crippen LogP contribution in [0.4, 0.5) is 0 Å². The molecule has 0 amide bonds. The zero-order valence-corrected chi connectivity index (χ0v) is 12.4. The predicted octanol–water partition coefficient (Wildman–Crippen LogP) is 0.0395. The van der Waals surface area contributed by atoms with Crippen LogP contribution in [-0.2, 0) is 9.26 Å². The van der Waals surface area contributed by atoms with Crippen molar-refractivity contribution >= 4 is 8.60 Å². The molecular formula is C10H14N5O6P. The van der Waals surface area contributed by atoms with Crippen LogP contribution in [0.5, 0.6) is 0 Å². The Hall–Kier alpha value is -1.74. The van der Waals surface area contributed by atoms with Gasteiger partial charge in [0.2, 0.25) is 0 Å². The molecule has 2 rings (SSSR count). The van der Waals surface area contributed by atoms with Gasteiger partial charge >= 0.3 is 14.3 Å². The standard InChI is InChI=1S/C10H14N5O6P/c1-5-3-15(10(17)12-9(5)16)8-2-6(13-14-11)7(21-8)4-20-22(18)19/h3,6-8,18-19H,2,4H2,1H3,(H,12,16,17)/t6-,7+,8+/m0/s1. The summed E-state index contributed by atoms with van der Waals surface area (Å²) in [5, 5.41) is 3.56. The summed E-state index contributed by atoms with van der Waals surface area (Å²) in [6, 6.07) is -0.635. The average Bonchev–Trinajstić information content (AvgIpc) is 2.84. The summed E-state index contributed by atoms with van der Waals surface area (Å²) in [6.45, 7) is 1.34. The van der Waals surface area contributed by atoms with Gasteiger partial charge in [-0.25, -0.2) is 4.79 Å². The van der Waals surface area contributed by atoms with Crippen molar-refractivity contribution in [2.45, 2.75) is 31.7 Å². The molecule has 0 bridgehead atoms. The van der Waals surface area contributed by atoms with Gasteiger partial charge in [-0.15, -0.1) is 0 Å². The van der Waals surface area contributed by atoms with Gasteiger partial charge < -0.3 is 19.0 Å². The molecule has 1 saturated heterocycles. The fraction of sp³-hybridized carbons (Fsp3) is 0.600. The van der Waals surface area contributed by atoms with Crippen LogP contribution >= 0.6 is 8.60 Å². The van der Waals surface area contributed by atoms with Crippen LogP contribution in [0, 0.1) is 6.92 Å². The van der Waals surface area contributed by atoms with E-state index in [0.717, 1.165) is 0 Å². The molecule has 12 heteroatoms. The van der Waals surface area contributed by atoms with Gasteiger partial charge in [-0.3, -0.25) is 14.3 Å². The van der Waals surface area contributed by atoms with Crippen molar-refractivity contribution in [1.82, 2.24) is 9.55 Å². The lowest BCUT2D eigenvalue weighted by Crippen LogP contribution is -2.33. The molecule has 0 spiro atoms. The van der Waals surface area contributed by atoms with Crippen LogP contribution in [0.2, 0.25) is 0 Å². The first-order chi connectivity index (χ1) is 10.4. The van der Waals surface area contributed by atoms with E-state index in [9.17, 15) is 9.59 Å². The smallest absolute Gasteiger partial charge is 0.330 e. The van der Waals surface area contributed by atoms with E-state index in [1.807, 2.05) is 0 Å². The van der Waals surface area contributed by atoms with Crippen LogP contribution in [0.3, 0.4) is 0 Å². The van der Waals surface area contributed by atoms with Crippen LogP contribution in [0.1, 0.15) is 18.2 Å². The van der Waals surface area contributed by atoms with Gasteiger partial charge in [-0.05, 0) is 12.5 Å². The van der Waals surface area contributed by atoms with Crippen molar-refractivity contribution < 1.29 is 19.0 Å². The number of hydrogen-bond donors (Lipinski definition) is 3. The second-order valence-corrected chi connectivity index (χ2v) is 5.43. The molecule has 0 saturated carbocycles. The summed E-state index contributed by atoms with van der Waals surface area (Å²) in [7, 11) is -2.56. The van der Waals surface area contributed by atoms with Gasteiger partial charge in [-0.1, -0.05) is 5.11 Å². The Morgan fingerprint density at radius 2 is 2.36 bits per heavy atom. The number of azide groups is 1. The number of aryl methyl sites for hydroxylation is 1. The molecule has 1 aromatic rings. The molecule has 22 heavy (non-hydrogen) atoms. The second-order valence-electron chi connectivity index (χ2n) is 4.66. The first-order valence-corrected chi connectivity index (χ1v) is 7.41. The van der Waals surface area contributed by atoms with E-state index in [-0.39, 0.29) is 13.0 Å². The molecule has 0 radical (unpaired) electrons. The lowest BCUT2D eigenvalue weighted by atomic mass is 10.1. The Balaban J connectivity index is 2.23. The largest absolute Gasteiger partial charge is 0.352 e. The predicted molar refractivity (Wildman–Crippen MR) is 74.8 cm³/mol. The van der Waals surface area contributed by atoms with Gasteiger partial charge in [0, 0.05) is 23.1 Å². The van der Waals surface area contributed by atoms with E-state index < -0.39 is 38.2 Å². The summed E-state index contributed by atoms with van der Waals surface area (Å²) in [4.78, 5) is 45.6. The first kappa shape index (κ1) is 16.6. The molecule has 0 aliphatic carbocycles. The lowest BCUT2D eigenvalue weighted by molar-refractivity contribution is -0.0240. The molecule has 0 aromatic carbocycles. The monoisotopic (exact) mass is 331 g/mol. The molecule has 2 heterocycles. The summed E-state index contributed by atoms with van der Waals surface area (Å²) in [5.41, 5.74) is 7.76. The molecule has 3 atom stereocenters. The maximum absolute atomic E-state index is 11.8. The summed E-state index contributed by atoms with van der Waals surface area (Å²) in [5.74, 6) is 0. The van der Waals surface area contributed by atoms with Crippen LogP contribution < -0.4 is 11.2 Å². The summed E-state index contributed by atoms with van der Waals surface area (Å²) in [6.07, 6.45) is 0.0611. The Labute approximate surface area is 124 Å². The number of nitrogens with one attached hydrogen (secondary N) is 1. The average molecular weight is 331 g/mol. The van der Waals surface area contributed by atoms with Crippen molar-refractivity contribution in [1.29, 1.82) is 0 Å². The normalized spacial score (nSPS) is 24.5. The highest BCUT2D eigenvalue weighted by atomic mass is 31.2. The molecular weight excluding hydrogens is 317 g/mol. The third-order valence-corrected chi connectivity index (χ3v) is 3.59. The maximum Gasteiger partial charge on any atom is 0.330 e. The topological polar surface area (TPSA) is 163 Å². The Morgan fingerprint density at radius 3 is 3.00 bits per heavy atom. The third-order valence-electron chi connectivity index (χ3n) is 3.21. The molecule has 1 aliphatic heterocycles. The van der Waals surface area contributed by atoms with Crippen molar-refractivity contribution in [2.24, 2.45) is 5.11 Å². The van der Waals surface area contributed by atoms with E-state index in [1.54, 1.807) is 6.92 Å². The van der Waals surface area contributed by atoms with Crippen LogP contribution in [0.25, 0.3) is 10.4 Å². The molecule has 1 fully saturated rings. The van der Waals surface area contributed by atoms with E-state index in [4.69, 9.17) is 20.1 Å². The van der Waals surface area contributed by atoms with E-state index in [2.05, 4.69) is 19.5 Å². The van der Waals surface area contributed by atoms with E-state index in [0.29, 0.717) is 5.56 Å². The van der Waals surface area contributed by atoms with Gasteiger partial charge in [0.25, 0.3) is 5.56 Å². The molecule has 1 aromatic heterocycles. The minimum Gasteiger partial charge on any atom is -0.352 e. The molecule has 11 nitrogen and oxygen atoms in total. The highest BCUT2D eigenvalue weighted by Gasteiger charge is 2.36. The molecule has 3 N–H and O–H groups in total. The zero-order chi connectivity index (χ0) is 16.3. The highest BCUT2D eigenvalue weighted by Crippen LogP contribution is 2.33. The van der Waals surface area contributed by atoms with Crippen LogP contribution in [-0.4, -0.2) is 38.1 Å². The number of aromatic nitrogens is 2. The molecule has 120 valence electrons. The highest BCUT2D eigenvalue weighted by molar-refractivity contribution is 7.39. The van der Waals surface area contributed by atoms with Gasteiger partial charge in [0.15, 0.2) is 0 Å². The summed E-state index contributed by atoms with van der Waals surface area (Å²) >= 11 is 0. The quantitative estimate of drug-likeness (QED) is 0.298. The van der Waals surface area contributed by atoms with E-state index >= 15 is 0 Å². The number of rotatable bonds is 5. The van der Waals surface area contributed by atoms with Crippen molar-refractivity contribution in [3.63, 3.8) is 0 Å². The van der Waals surface area contributed by atoms with Gasteiger partial charge in [0.05, 0.1) is 18.8 Å². The number of H-pyrrole nitrogens is 1. The number of hydrogen-bond acceptors (Lipinski definition) is 7. The van der Waals surface area contributed by atoms with Crippen molar-refractivity contribution in [3.8, 4) is 0 Å².